The maximum Gasteiger partial charge on any atom is 0.310 e. The number of benzene rings is 3. The molecule has 0 heterocycles. The van der Waals surface area contributed by atoms with Crippen molar-refractivity contribution in [3.8, 4) is 17.2 Å². The molecule has 0 bridgehead atoms. The van der Waals surface area contributed by atoms with E-state index in [4.69, 9.17) is 14.2 Å². The van der Waals surface area contributed by atoms with E-state index in [0.29, 0.717) is 16.7 Å². The van der Waals surface area contributed by atoms with Crippen LogP contribution in [0.2, 0.25) is 0 Å². The Balaban J connectivity index is 1.52. The van der Waals surface area contributed by atoms with Gasteiger partial charge in [-0.2, -0.15) is 0 Å². The second-order valence-corrected chi connectivity index (χ2v) is 9.86. The van der Waals surface area contributed by atoms with Crippen LogP contribution in [0, 0.1) is 0 Å². The van der Waals surface area contributed by atoms with Gasteiger partial charge in [0.2, 0.25) is 0 Å². The van der Waals surface area contributed by atoms with Gasteiger partial charge in [0.1, 0.15) is 35.6 Å². The number of aliphatic hydroxyl groups excluding tert-OH is 3. The van der Waals surface area contributed by atoms with Gasteiger partial charge >= 0.3 is 17.9 Å². The van der Waals surface area contributed by atoms with E-state index < -0.39 is 54.5 Å². The molecule has 3 aromatic rings. The highest BCUT2D eigenvalue weighted by Crippen LogP contribution is 2.30. The first kappa shape index (κ1) is 30.3. The number of rotatable bonds is 9. The maximum absolute atomic E-state index is 12.8. The summed E-state index contributed by atoms with van der Waals surface area (Å²) in [5, 5.41) is 61.1. The Hall–Kier alpha value is -4.65. The molecule has 0 aliphatic heterocycles. The molecule has 6 atom stereocenters. The highest BCUT2D eigenvalue weighted by molar-refractivity contribution is 5.75. The minimum atomic E-state index is -1.94. The highest BCUT2D eigenvalue weighted by atomic mass is 16.6. The number of hydrogen-bond acceptors (Lipinski definition) is 12. The van der Waals surface area contributed by atoms with E-state index >= 15 is 0 Å². The average molecular weight is 583 g/mol. The van der Waals surface area contributed by atoms with Crippen LogP contribution in [-0.4, -0.2) is 85.2 Å². The van der Waals surface area contributed by atoms with E-state index in [0.717, 1.165) is 0 Å². The van der Waals surface area contributed by atoms with Gasteiger partial charge in [0.05, 0.1) is 19.3 Å². The third-order valence-corrected chi connectivity index (χ3v) is 6.68. The molecule has 3 aromatic carbocycles. The lowest BCUT2D eigenvalue weighted by Gasteiger charge is -2.44. The number of aliphatic hydroxyl groups is 3. The Bertz CT molecular complexity index is 1370. The van der Waals surface area contributed by atoms with Gasteiger partial charge in [-0.05, 0) is 53.1 Å². The minimum absolute atomic E-state index is 0.0173. The molecule has 0 saturated heterocycles. The van der Waals surface area contributed by atoms with Crippen molar-refractivity contribution in [2.24, 2.45) is 0 Å². The van der Waals surface area contributed by atoms with Crippen molar-refractivity contribution in [1.29, 1.82) is 0 Å². The normalized spacial score (nSPS) is 23.5. The fourth-order valence-corrected chi connectivity index (χ4v) is 4.50. The van der Waals surface area contributed by atoms with Crippen molar-refractivity contribution >= 4 is 17.9 Å². The van der Waals surface area contributed by atoms with Crippen LogP contribution < -0.4 is 0 Å². The van der Waals surface area contributed by atoms with Gasteiger partial charge in [-0.1, -0.05) is 36.4 Å². The summed E-state index contributed by atoms with van der Waals surface area (Å²) < 4.78 is 16.1. The van der Waals surface area contributed by atoms with E-state index in [1.807, 2.05) is 0 Å². The Morgan fingerprint density at radius 2 is 0.714 bits per heavy atom. The van der Waals surface area contributed by atoms with Crippen molar-refractivity contribution in [2.75, 3.05) is 0 Å². The molecule has 1 aliphatic rings. The summed E-state index contributed by atoms with van der Waals surface area (Å²) >= 11 is 0. The quantitative estimate of drug-likeness (QED) is 0.152. The molecule has 0 spiro atoms. The average Bonchev–Trinajstić information content (AvgIpc) is 2.95. The van der Waals surface area contributed by atoms with Gasteiger partial charge in [-0.3, -0.25) is 14.4 Å². The first-order chi connectivity index (χ1) is 20.0. The fraction of sp³-hybridized carbons (Fsp3) is 0.300. The fourth-order valence-electron chi connectivity index (χ4n) is 4.50. The molecule has 4 rings (SSSR count). The Morgan fingerprint density at radius 1 is 0.452 bits per heavy atom. The van der Waals surface area contributed by atoms with E-state index in [1.54, 1.807) is 0 Å². The van der Waals surface area contributed by atoms with Crippen molar-refractivity contribution in [3.05, 3.63) is 89.5 Å². The molecular weight excluding hydrogens is 552 g/mol. The predicted octanol–water partition coefficient (Wildman–Crippen LogP) is 0.663. The number of carbonyl (C=O) groups excluding carboxylic acids is 3. The summed E-state index contributed by atoms with van der Waals surface area (Å²) in [4.78, 5) is 38.2. The Labute approximate surface area is 240 Å². The van der Waals surface area contributed by atoms with Crippen molar-refractivity contribution < 1.29 is 59.2 Å². The monoisotopic (exact) mass is 582 g/mol. The first-order valence-electron chi connectivity index (χ1n) is 13.0. The standard InChI is InChI=1S/C30H30O12/c31-19-7-1-16(2-8-19)13-22(34)40-28-25(37)26(38)29(41-23(35)14-17-3-9-20(32)10-4-17)30(27(28)39)42-24(36)15-18-5-11-21(33)12-6-18/h1-12,25-33,37-39H,13-15H2/t25-,26+,27+,28+,29+,30+/m1/s1. The van der Waals surface area contributed by atoms with E-state index in [2.05, 4.69) is 0 Å². The van der Waals surface area contributed by atoms with Crippen LogP contribution in [0.1, 0.15) is 16.7 Å². The van der Waals surface area contributed by atoms with E-state index in [-0.39, 0.29) is 36.5 Å². The summed E-state index contributed by atoms with van der Waals surface area (Å²) in [6, 6.07) is 17.0. The second kappa shape index (κ2) is 13.3. The number of ether oxygens (including phenoxy) is 3. The first-order valence-corrected chi connectivity index (χ1v) is 13.0. The Kier molecular flexibility index (Phi) is 9.63. The van der Waals surface area contributed by atoms with Crippen LogP contribution in [0.4, 0.5) is 0 Å². The molecule has 12 heteroatoms. The molecular formula is C30H30O12. The van der Waals surface area contributed by atoms with Gasteiger partial charge in [0.15, 0.2) is 18.3 Å². The zero-order valence-corrected chi connectivity index (χ0v) is 22.1. The van der Waals surface area contributed by atoms with Gasteiger partial charge in [0.25, 0.3) is 0 Å². The smallest absolute Gasteiger partial charge is 0.310 e. The van der Waals surface area contributed by atoms with Gasteiger partial charge in [-0.15, -0.1) is 0 Å². The van der Waals surface area contributed by atoms with Crippen molar-refractivity contribution in [3.63, 3.8) is 0 Å². The number of esters is 3. The summed E-state index contributed by atoms with van der Waals surface area (Å²) in [7, 11) is 0. The zero-order valence-electron chi connectivity index (χ0n) is 22.1. The molecule has 0 radical (unpaired) electrons. The number of aromatic hydroxyl groups is 3. The van der Waals surface area contributed by atoms with Crippen LogP contribution >= 0.6 is 0 Å². The third kappa shape index (κ3) is 7.75. The minimum Gasteiger partial charge on any atom is -0.508 e. The van der Waals surface area contributed by atoms with Gasteiger partial charge in [-0.25, -0.2) is 0 Å². The molecule has 0 amide bonds. The molecule has 222 valence electrons. The van der Waals surface area contributed by atoms with Crippen LogP contribution in [0.25, 0.3) is 0 Å². The maximum atomic E-state index is 12.8. The molecule has 1 saturated carbocycles. The molecule has 0 aromatic heterocycles. The summed E-state index contributed by atoms with van der Waals surface area (Å²) in [6.45, 7) is 0. The molecule has 12 nitrogen and oxygen atoms in total. The van der Waals surface area contributed by atoms with Crippen LogP contribution in [0.5, 0.6) is 17.2 Å². The molecule has 0 unspecified atom stereocenters. The molecule has 6 N–H and O–H groups in total. The molecule has 42 heavy (non-hydrogen) atoms. The molecule has 1 aliphatic carbocycles. The predicted molar refractivity (Wildman–Crippen MR) is 143 cm³/mol. The van der Waals surface area contributed by atoms with Gasteiger partial charge < -0.3 is 44.8 Å². The van der Waals surface area contributed by atoms with Crippen LogP contribution in [-0.2, 0) is 47.9 Å². The third-order valence-electron chi connectivity index (χ3n) is 6.68. The largest absolute Gasteiger partial charge is 0.508 e. The molecule has 1 fully saturated rings. The van der Waals surface area contributed by atoms with Crippen LogP contribution in [0.15, 0.2) is 72.8 Å². The lowest BCUT2D eigenvalue weighted by Crippen LogP contribution is -2.66. The topological polar surface area (TPSA) is 200 Å². The van der Waals surface area contributed by atoms with Crippen LogP contribution in [0.3, 0.4) is 0 Å². The summed E-state index contributed by atoms with van der Waals surface area (Å²) in [6.07, 6.45) is -12.0. The van der Waals surface area contributed by atoms with Crippen molar-refractivity contribution in [2.45, 2.75) is 55.9 Å². The van der Waals surface area contributed by atoms with E-state index in [9.17, 15) is 45.0 Å². The zero-order chi connectivity index (χ0) is 30.4. The lowest BCUT2D eigenvalue weighted by molar-refractivity contribution is -0.247. The highest BCUT2D eigenvalue weighted by Gasteiger charge is 2.55. The summed E-state index contributed by atoms with van der Waals surface area (Å²) in [5.41, 5.74) is 1.35. The lowest BCUT2D eigenvalue weighted by atomic mass is 9.84. The number of carbonyl (C=O) groups is 3. The number of phenols is 3. The number of hydrogen-bond donors (Lipinski definition) is 6. The Morgan fingerprint density at radius 3 is 1.05 bits per heavy atom. The van der Waals surface area contributed by atoms with E-state index in [1.165, 1.54) is 72.8 Å². The number of phenolic OH excluding ortho intramolecular Hbond substituents is 3. The van der Waals surface area contributed by atoms with Crippen molar-refractivity contribution in [1.82, 2.24) is 0 Å². The van der Waals surface area contributed by atoms with Gasteiger partial charge in [0, 0.05) is 0 Å². The second-order valence-electron chi connectivity index (χ2n) is 9.86. The summed E-state index contributed by atoms with van der Waals surface area (Å²) in [5.74, 6) is -2.75. The SMILES string of the molecule is O=C(Cc1ccc(O)cc1)O[C@H]1[C@H](O)[C@H](O)[C@H](OC(=O)Cc2ccc(O)cc2)[C@@H](OC(=O)Cc2ccc(O)cc2)[C@H]1O.